The molecule has 0 saturated heterocycles. The van der Waals surface area contributed by atoms with Crippen LogP contribution in [0.4, 0.5) is 32.1 Å². The standard InChI is InChI=1S/C25H19ClFN7O/c1-34-13-16(12-30-34)15-5-7-20-23(9-15)28-14-29-24(20)31-17-3-2-4-18(10-17)32-25(35)33-19-6-8-22(27)21(26)11-19/h2-14H,1H3,(H,28,29,31)(H2,32,33,35). The van der Waals surface area contributed by atoms with E-state index in [1.165, 1.54) is 24.5 Å². The van der Waals surface area contributed by atoms with Gasteiger partial charge in [-0.3, -0.25) is 4.68 Å². The second-order valence-corrected chi connectivity index (χ2v) is 8.18. The van der Waals surface area contributed by atoms with Gasteiger partial charge in [0.05, 0.1) is 16.7 Å². The highest BCUT2D eigenvalue weighted by Crippen LogP contribution is 2.28. The molecule has 2 heterocycles. The van der Waals surface area contributed by atoms with Crippen molar-refractivity contribution in [2.45, 2.75) is 0 Å². The maximum absolute atomic E-state index is 13.3. The van der Waals surface area contributed by atoms with E-state index in [-0.39, 0.29) is 5.02 Å². The van der Waals surface area contributed by atoms with Gasteiger partial charge in [-0.1, -0.05) is 23.7 Å². The zero-order chi connectivity index (χ0) is 24.4. The molecule has 3 aromatic carbocycles. The Kier molecular flexibility index (Phi) is 5.99. The van der Waals surface area contributed by atoms with Crippen molar-refractivity contribution in [3.05, 3.63) is 90.2 Å². The predicted octanol–water partition coefficient (Wildman–Crippen LogP) is 6.21. The van der Waals surface area contributed by atoms with E-state index in [2.05, 4.69) is 31.0 Å². The van der Waals surface area contributed by atoms with E-state index < -0.39 is 11.8 Å². The first-order chi connectivity index (χ1) is 16.9. The minimum Gasteiger partial charge on any atom is -0.340 e. The summed E-state index contributed by atoms with van der Waals surface area (Å²) < 4.78 is 15.1. The van der Waals surface area contributed by atoms with Crippen molar-refractivity contribution >= 4 is 51.4 Å². The Morgan fingerprint density at radius 1 is 0.943 bits per heavy atom. The van der Waals surface area contributed by atoms with Crippen molar-refractivity contribution in [3.8, 4) is 11.1 Å². The molecule has 10 heteroatoms. The molecule has 0 unspecified atom stereocenters. The number of fused-ring (bicyclic) bond motifs is 1. The van der Waals surface area contributed by atoms with E-state index >= 15 is 0 Å². The van der Waals surface area contributed by atoms with Crippen molar-refractivity contribution in [1.82, 2.24) is 19.7 Å². The van der Waals surface area contributed by atoms with Gasteiger partial charge in [-0.05, 0) is 54.1 Å². The van der Waals surface area contributed by atoms with Crippen LogP contribution < -0.4 is 16.0 Å². The number of carbonyl (C=O) groups is 1. The molecule has 174 valence electrons. The van der Waals surface area contributed by atoms with Crippen molar-refractivity contribution in [1.29, 1.82) is 0 Å². The van der Waals surface area contributed by atoms with Gasteiger partial charge in [0.15, 0.2) is 0 Å². The monoisotopic (exact) mass is 487 g/mol. The number of nitrogens with one attached hydrogen (secondary N) is 3. The van der Waals surface area contributed by atoms with Gasteiger partial charge < -0.3 is 16.0 Å². The first kappa shape index (κ1) is 22.3. The number of halogens is 2. The molecule has 2 aromatic heterocycles. The highest BCUT2D eigenvalue weighted by molar-refractivity contribution is 6.31. The molecule has 0 atom stereocenters. The van der Waals surface area contributed by atoms with Gasteiger partial charge in [0, 0.05) is 41.3 Å². The number of aromatic nitrogens is 4. The summed E-state index contributed by atoms with van der Waals surface area (Å²) in [5.74, 6) is 0.0808. The number of rotatable bonds is 5. The van der Waals surface area contributed by atoms with Gasteiger partial charge in [-0.25, -0.2) is 19.2 Å². The van der Waals surface area contributed by atoms with E-state index in [4.69, 9.17) is 11.6 Å². The van der Waals surface area contributed by atoms with Crippen molar-refractivity contribution < 1.29 is 9.18 Å². The fourth-order valence-corrected chi connectivity index (χ4v) is 3.77. The normalized spacial score (nSPS) is 10.8. The van der Waals surface area contributed by atoms with Crippen LogP contribution in [0.2, 0.25) is 5.02 Å². The SMILES string of the molecule is Cn1cc(-c2ccc3c(Nc4cccc(NC(=O)Nc5ccc(F)c(Cl)c5)c4)ncnc3c2)cn1. The van der Waals surface area contributed by atoms with Crippen LogP contribution in [0.3, 0.4) is 0 Å². The first-order valence-corrected chi connectivity index (χ1v) is 11.0. The number of carbonyl (C=O) groups excluding carboxylic acids is 1. The van der Waals surface area contributed by atoms with Crippen molar-refractivity contribution in [2.75, 3.05) is 16.0 Å². The number of hydrogen-bond donors (Lipinski definition) is 3. The predicted molar refractivity (Wildman–Crippen MR) is 136 cm³/mol. The minimum absolute atomic E-state index is 0.0707. The van der Waals surface area contributed by atoms with Crippen LogP contribution in [0.25, 0.3) is 22.0 Å². The van der Waals surface area contributed by atoms with Crippen LogP contribution in [0.15, 0.2) is 79.4 Å². The number of anilines is 4. The maximum Gasteiger partial charge on any atom is 0.323 e. The van der Waals surface area contributed by atoms with Crippen LogP contribution in [0.1, 0.15) is 0 Å². The van der Waals surface area contributed by atoms with Gasteiger partial charge in [-0.2, -0.15) is 5.10 Å². The quantitative estimate of drug-likeness (QED) is 0.274. The largest absolute Gasteiger partial charge is 0.340 e. The molecule has 0 saturated carbocycles. The highest BCUT2D eigenvalue weighted by atomic mass is 35.5. The molecule has 0 aliphatic rings. The summed E-state index contributed by atoms with van der Waals surface area (Å²) in [7, 11) is 1.87. The lowest BCUT2D eigenvalue weighted by Gasteiger charge is -2.12. The number of hydrogen-bond acceptors (Lipinski definition) is 5. The summed E-state index contributed by atoms with van der Waals surface area (Å²) in [5, 5.41) is 13.7. The summed E-state index contributed by atoms with van der Waals surface area (Å²) in [6.07, 6.45) is 5.25. The Morgan fingerprint density at radius 2 is 1.74 bits per heavy atom. The maximum atomic E-state index is 13.3. The number of aryl methyl sites for hydroxylation is 1. The van der Waals surface area contributed by atoms with Gasteiger partial charge in [0.25, 0.3) is 0 Å². The van der Waals surface area contributed by atoms with E-state index in [0.29, 0.717) is 17.2 Å². The third-order valence-electron chi connectivity index (χ3n) is 5.24. The average Bonchev–Trinajstić information content (AvgIpc) is 3.28. The van der Waals surface area contributed by atoms with Crippen molar-refractivity contribution in [3.63, 3.8) is 0 Å². The Balaban J connectivity index is 1.32. The Labute approximate surface area is 204 Å². The Hall–Kier alpha value is -4.50. The summed E-state index contributed by atoms with van der Waals surface area (Å²) in [4.78, 5) is 21.2. The highest BCUT2D eigenvalue weighted by Gasteiger charge is 2.09. The minimum atomic E-state index is -0.554. The van der Waals surface area contributed by atoms with Gasteiger partial charge in [0.1, 0.15) is 18.0 Å². The molecule has 3 N–H and O–H groups in total. The molecule has 0 bridgehead atoms. The molecule has 8 nitrogen and oxygen atoms in total. The molecule has 0 radical (unpaired) electrons. The van der Waals surface area contributed by atoms with Gasteiger partial charge in [-0.15, -0.1) is 0 Å². The average molecular weight is 488 g/mol. The number of benzene rings is 3. The lowest BCUT2D eigenvalue weighted by Crippen LogP contribution is -2.19. The van der Waals surface area contributed by atoms with Gasteiger partial charge in [0.2, 0.25) is 0 Å². The third kappa shape index (κ3) is 5.04. The van der Waals surface area contributed by atoms with Crippen LogP contribution in [0, 0.1) is 5.82 Å². The third-order valence-corrected chi connectivity index (χ3v) is 5.53. The smallest absolute Gasteiger partial charge is 0.323 e. The number of amides is 2. The molecule has 0 aliphatic carbocycles. The van der Waals surface area contributed by atoms with E-state index in [1.807, 2.05) is 37.5 Å². The molecule has 0 spiro atoms. The fraction of sp³-hybridized carbons (Fsp3) is 0.0400. The topological polar surface area (TPSA) is 96.8 Å². The van der Waals surface area contributed by atoms with E-state index in [1.54, 1.807) is 29.1 Å². The lowest BCUT2D eigenvalue weighted by molar-refractivity contribution is 0.262. The summed E-state index contributed by atoms with van der Waals surface area (Å²) in [5.41, 5.74) is 4.45. The van der Waals surface area contributed by atoms with E-state index in [9.17, 15) is 9.18 Å². The second kappa shape index (κ2) is 9.40. The summed E-state index contributed by atoms with van der Waals surface area (Å²) >= 11 is 5.77. The first-order valence-electron chi connectivity index (χ1n) is 10.6. The summed E-state index contributed by atoms with van der Waals surface area (Å²) in [6.45, 7) is 0. The Bertz CT molecular complexity index is 1550. The van der Waals surface area contributed by atoms with Gasteiger partial charge >= 0.3 is 6.03 Å². The summed E-state index contributed by atoms with van der Waals surface area (Å²) in [6, 6.07) is 16.6. The molecule has 35 heavy (non-hydrogen) atoms. The van der Waals surface area contributed by atoms with Crippen LogP contribution in [-0.2, 0) is 7.05 Å². The molecular weight excluding hydrogens is 469 g/mol. The molecule has 2 amide bonds. The molecule has 5 aromatic rings. The molecule has 0 aliphatic heterocycles. The molecular formula is C25H19ClFN7O. The zero-order valence-corrected chi connectivity index (χ0v) is 19.2. The number of urea groups is 1. The molecule has 0 fully saturated rings. The second-order valence-electron chi connectivity index (χ2n) is 7.77. The van der Waals surface area contributed by atoms with Crippen molar-refractivity contribution in [2.24, 2.45) is 7.05 Å². The zero-order valence-electron chi connectivity index (χ0n) is 18.5. The molecule has 5 rings (SSSR count). The lowest BCUT2D eigenvalue weighted by atomic mass is 10.1. The van der Waals surface area contributed by atoms with E-state index in [0.717, 1.165) is 27.7 Å². The van der Waals surface area contributed by atoms with Crippen LogP contribution in [0.5, 0.6) is 0 Å². The van der Waals surface area contributed by atoms with Crippen LogP contribution in [-0.4, -0.2) is 25.8 Å². The van der Waals surface area contributed by atoms with Crippen LogP contribution >= 0.6 is 11.6 Å². The fourth-order valence-electron chi connectivity index (χ4n) is 3.59. The number of nitrogens with zero attached hydrogens (tertiary/aromatic N) is 4. The Morgan fingerprint density at radius 3 is 2.51 bits per heavy atom.